The SMILES string of the molecule is O=C(c1cc(Br)ccc1Cl)N(Cc1ccccn1)c1nc2ccc([N+](=O)[O-])cc2s1. The molecule has 0 atom stereocenters. The van der Waals surface area contributed by atoms with E-state index in [1.165, 1.54) is 28.4 Å². The topological polar surface area (TPSA) is 89.2 Å². The van der Waals surface area contributed by atoms with Crippen molar-refractivity contribution in [3.8, 4) is 0 Å². The number of non-ortho nitro benzene ring substituents is 1. The molecule has 2 heterocycles. The highest BCUT2D eigenvalue weighted by molar-refractivity contribution is 9.10. The van der Waals surface area contributed by atoms with Crippen molar-refractivity contribution >= 4 is 65.8 Å². The minimum Gasteiger partial charge on any atom is -0.278 e. The van der Waals surface area contributed by atoms with Crippen LogP contribution in [-0.2, 0) is 6.54 Å². The lowest BCUT2D eigenvalue weighted by Gasteiger charge is -2.20. The van der Waals surface area contributed by atoms with E-state index >= 15 is 0 Å². The standard InChI is InChI=1S/C20H12BrClN4O3S/c21-12-4-6-16(22)15(9-12)19(27)25(11-13-3-1-2-8-23-13)20-24-17-7-5-14(26(28)29)10-18(17)30-20/h1-10H,11H2. The largest absolute Gasteiger partial charge is 0.278 e. The second-order valence-electron chi connectivity index (χ2n) is 6.24. The Balaban J connectivity index is 1.80. The number of hydrogen-bond acceptors (Lipinski definition) is 6. The zero-order valence-electron chi connectivity index (χ0n) is 15.2. The van der Waals surface area contributed by atoms with Gasteiger partial charge in [0.2, 0.25) is 0 Å². The molecule has 10 heteroatoms. The molecule has 0 unspecified atom stereocenters. The quantitative estimate of drug-likeness (QED) is 0.251. The molecule has 150 valence electrons. The van der Waals surface area contributed by atoms with Crippen molar-refractivity contribution in [2.24, 2.45) is 0 Å². The lowest BCUT2D eigenvalue weighted by molar-refractivity contribution is -0.384. The van der Waals surface area contributed by atoms with Gasteiger partial charge >= 0.3 is 0 Å². The van der Waals surface area contributed by atoms with Gasteiger partial charge in [0.15, 0.2) is 5.13 Å². The van der Waals surface area contributed by atoms with Crippen LogP contribution < -0.4 is 4.90 Å². The van der Waals surface area contributed by atoms with Crippen LogP contribution >= 0.6 is 38.9 Å². The van der Waals surface area contributed by atoms with Gasteiger partial charge < -0.3 is 0 Å². The van der Waals surface area contributed by atoms with Crippen LogP contribution in [0.3, 0.4) is 0 Å². The van der Waals surface area contributed by atoms with Gasteiger partial charge in [-0.15, -0.1) is 0 Å². The van der Waals surface area contributed by atoms with Crippen molar-refractivity contribution in [1.29, 1.82) is 0 Å². The van der Waals surface area contributed by atoms with Gasteiger partial charge in [0.25, 0.3) is 11.6 Å². The summed E-state index contributed by atoms with van der Waals surface area (Å²) in [6.07, 6.45) is 1.64. The maximum Gasteiger partial charge on any atom is 0.270 e. The summed E-state index contributed by atoms with van der Waals surface area (Å²) in [6.45, 7) is 0.171. The van der Waals surface area contributed by atoms with Crippen LogP contribution in [0.25, 0.3) is 10.2 Å². The van der Waals surface area contributed by atoms with Gasteiger partial charge in [0, 0.05) is 22.8 Å². The molecule has 0 fully saturated rings. The van der Waals surface area contributed by atoms with Crippen LogP contribution in [0.5, 0.6) is 0 Å². The average molecular weight is 504 g/mol. The first kappa shape index (κ1) is 20.4. The summed E-state index contributed by atoms with van der Waals surface area (Å²) in [5, 5.41) is 11.8. The van der Waals surface area contributed by atoms with E-state index in [9.17, 15) is 14.9 Å². The van der Waals surface area contributed by atoms with Crippen LogP contribution in [0, 0.1) is 10.1 Å². The zero-order valence-corrected chi connectivity index (χ0v) is 18.3. The summed E-state index contributed by atoms with van der Waals surface area (Å²) in [6, 6.07) is 14.9. The van der Waals surface area contributed by atoms with Gasteiger partial charge in [-0.05, 0) is 36.4 Å². The van der Waals surface area contributed by atoms with E-state index in [0.29, 0.717) is 36.1 Å². The molecule has 4 rings (SSSR count). The van der Waals surface area contributed by atoms with E-state index in [1.54, 1.807) is 42.6 Å². The maximum atomic E-state index is 13.4. The molecule has 2 aromatic heterocycles. The highest BCUT2D eigenvalue weighted by Gasteiger charge is 2.24. The number of anilines is 1. The highest BCUT2D eigenvalue weighted by Crippen LogP contribution is 2.34. The first-order valence-corrected chi connectivity index (χ1v) is 10.6. The number of hydrogen-bond donors (Lipinski definition) is 0. The number of carbonyl (C=O) groups is 1. The van der Waals surface area contributed by atoms with Gasteiger partial charge in [-0.3, -0.25) is 24.8 Å². The molecule has 0 spiro atoms. The Morgan fingerprint density at radius 2 is 2.03 bits per heavy atom. The number of fused-ring (bicyclic) bond motifs is 1. The molecule has 0 saturated carbocycles. The summed E-state index contributed by atoms with van der Waals surface area (Å²) in [4.78, 5) is 34.4. The predicted molar refractivity (Wildman–Crippen MR) is 120 cm³/mol. The number of nitro groups is 1. The molecular weight excluding hydrogens is 492 g/mol. The molecule has 0 aliphatic heterocycles. The molecule has 1 amide bonds. The summed E-state index contributed by atoms with van der Waals surface area (Å²) < 4.78 is 1.33. The monoisotopic (exact) mass is 502 g/mol. The Hall–Kier alpha value is -2.88. The van der Waals surface area contributed by atoms with Crippen molar-refractivity contribution in [1.82, 2.24) is 9.97 Å². The van der Waals surface area contributed by atoms with Crippen molar-refractivity contribution in [2.45, 2.75) is 6.54 Å². The summed E-state index contributed by atoms with van der Waals surface area (Å²) in [5.41, 5.74) is 1.52. The molecule has 0 bridgehead atoms. The fraction of sp³-hybridized carbons (Fsp3) is 0.0500. The normalized spacial score (nSPS) is 10.9. The smallest absolute Gasteiger partial charge is 0.270 e. The molecule has 7 nitrogen and oxygen atoms in total. The number of nitrogens with zero attached hydrogens (tertiary/aromatic N) is 4. The summed E-state index contributed by atoms with van der Waals surface area (Å²) in [7, 11) is 0. The van der Waals surface area contributed by atoms with Gasteiger partial charge in [-0.1, -0.05) is 44.9 Å². The average Bonchev–Trinajstić information content (AvgIpc) is 3.17. The van der Waals surface area contributed by atoms with Gasteiger partial charge in [0.05, 0.1) is 38.0 Å². The fourth-order valence-corrected chi connectivity index (χ4v) is 4.37. The predicted octanol–water partition coefficient (Wildman–Crippen LogP) is 5.86. The molecule has 0 saturated heterocycles. The van der Waals surface area contributed by atoms with E-state index in [-0.39, 0.29) is 18.1 Å². The van der Waals surface area contributed by atoms with Crippen LogP contribution in [0.1, 0.15) is 16.1 Å². The van der Waals surface area contributed by atoms with Crippen LogP contribution in [0.15, 0.2) is 65.3 Å². The fourth-order valence-electron chi connectivity index (χ4n) is 2.82. The van der Waals surface area contributed by atoms with Crippen LogP contribution in [0.2, 0.25) is 5.02 Å². The number of aromatic nitrogens is 2. The lowest BCUT2D eigenvalue weighted by atomic mass is 10.2. The van der Waals surface area contributed by atoms with Crippen molar-refractivity contribution < 1.29 is 9.72 Å². The number of benzene rings is 2. The number of nitro benzene ring substituents is 1. The van der Waals surface area contributed by atoms with Crippen molar-refractivity contribution in [3.63, 3.8) is 0 Å². The van der Waals surface area contributed by atoms with Crippen LogP contribution in [-0.4, -0.2) is 20.8 Å². The summed E-state index contributed by atoms with van der Waals surface area (Å²) >= 11 is 10.8. The lowest BCUT2D eigenvalue weighted by Crippen LogP contribution is -2.31. The Labute approximate surface area is 188 Å². The number of carbonyl (C=O) groups excluding carboxylic acids is 1. The molecule has 2 aromatic carbocycles. The van der Waals surface area contributed by atoms with E-state index in [0.717, 1.165) is 0 Å². The third-order valence-electron chi connectivity index (χ3n) is 4.25. The maximum absolute atomic E-state index is 13.4. The highest BCUT2D eigenvalue weighted by atomic mass is 79.9. The second-order valence-corrected chi connectivity index (χ2v) is 8.57. The first-order valence-electron chi connectivity index (χ1n) is 8.64. The first-order chi connectivity index (χ1) is 14.4. The molecule has 0 N–H and O–H groups in total. The summed E-state index contributed by atoms with van der Waals surface area (Å²) in [5.74, 6) is -0.347. The third-order valence-corrected chi connectivity index (χ3v) is 6.12. The molecule has 0 radical (unpaired) electrons. The zero-order chi connectivity index (χ0) is 21.3. The number of amides is 1. The second kappa shape index (κ2) is 8.47. The Morgan fingerprint density at radius 3 is 2.77 bits per heavy atom. The molecular formula is C20H12BrClN4O3S. The van der Waals surface area contributed by atoms with Crippen LogP contribution in [0.4, 0.5) is 10.8 Å². The van der Waals surface area contributed by atoms with E-state index < -0.39 is 4.92 Å². The van der Waals surface area contributed by atoms with Gasteiger partial charge in [-0.25, -0.2) is 4.98 Å². The Bertz CT molecular complexity index is 1270. The van der Waals surface area contributed by atoms with E-state index in [1.807, 2.05) is 6.07 Å². The molecule has 0 aliphatic carbocycles. The van der Waals surface area contributed by atoms with Crippen molar-refractivity contribution in [2.75, 3.05) is 4.90 Å². The number of pyridine rings is 1. The Morgan fingerprint density at radius 1 is 1.20 bits per heavy atom. The molecule has 0 aliphatic rings. The number of thiazole rings is 1. The number of halogens is 2. The molecule has 30 heavy (non-hydrogen) atoms. The van der Waals surface area contributed by atoms with E-state index in [4.69, 9.17) is 11.6 Å². The third kappa shape index (κ3) is 4.18. The van der Waals surface area contributed by atoms with E-state index in [2.05, 4.69) is 25.9 Å². The van der Waals surface area contributed by atoms with Gasteiger partial charge in [0.1, 0.15) is 0 Å². The van der Waals surface area contributed by atoms with Crippen molar-refractivity contribution in [3.05, 3.63) is 91.7 Å². The minimum absolute atomic E-state index is 0.0321. The molecule has 4 aromatic rings. The minimum atomic E-state index is -0.461. The van der Waals surface area contributed by atoms with Gasteiger partial charge in [-0.2, -0.15) is 0 Å². The Kier molecular flexibility index (Phi) is 5.76. The number of rotatable bonds is 5.